The molecule has 0 aromatic rings. The van der Waals surface area contributed by atoms with Crippen molar-refractivity contribution in [3.05, 3.63) is 12.4 Å². The Balaban J connectivity index is 3.07. The van der Waals surface area contributed by atoms with Crippen LogP contribution in [0.3, 0.4) is 0 Å². The molecular weight excluding hydrogens is 142 g/mol. The number of nitrogens with one attached hydrogen (secondary N) is 1. The summed E-state index contributed by atoms with van der Waals surface area (Å²) in [7, 11) is 1.76. The molecule has 0 radical (unpaired) electrons. The molecule has 1 amide bonds. The maximum atomic E-state index is 10.1. The monoisotopic (exact) mass is 157 g/mol. The van der Waals surface area contributed by atoms with Crippen LogP contribution in [0, 0.1) is 0 Å². The Labute approximate surface area is 67.1 Å². The second-order valence-corrected chi connectivity index (χ2v) is 2.25. The predicted octanol–water partition coefficient (Wildman–Crippen LogP) is -0.516. The van der Waals surface area contributed by atoms with Crippen LogP contribution in [0.15, 0.2) is 12.4 Å². The average molecular weight is 157 g/mol. The highest BCUT2D eigenvalue weighted by molar-refractivity contribution is 5.46. The zero-order valence-corrected chi connectivity index (χ0v) is 6.79. The topological polar surface area (TPSA) is 58.4 Å². The van der Waals surface area contributed by atoms with E-state index in [1.165, 1.54) is 6.20 Å². The highest BCUT2D eigenvalue weighted by Gasteiger charge is 1.90. The first-order valence-electron chi connectivity index (χ1n) is 3.57. The van der Waals surface area contributed by atoms with E-state index in [9.17, 15) is 4.79 Å². The van der Waals surface area contributed by atoms with Crippen LogP contribution in [0.2, 0.25) is 0 Å². The lowest BCUT2D eigenvalue weighted by atomic mass is 10.4. The third kappa shape index (κ3) is 6.70. The molecule has 0 heterocycles. The van der Waals surface area contributed by atoms with E-state index in [1.54, 1.807) is 18.1 Å². The first-order chi connectivity index (χ1) is 5.31. The summed E-state index contributed by atoms with van der Waals surface area (Å²) in [6.45, 7) is 1.61. The molecule has 0 aliphatic rings. The average Bonchev–Trinajstić information content (AvgIpc) is 2.04. The Hall–Kier alpha value is -1.19. The quantitative estimate of drug-likeness (QED) is 0.403. The van der Waals surface area contributed by atoms with Crippen molar-refractivity contribution in [3.8, 4) is 0 Å². The van der Waals surface area contributed by atoms with Crippen LogP contribution in [0.5, 0.6) is 0 Å². The van der Waals surface area contributed by atoms with Crippen molar-refractivity contribution < 1.29 is 4.79 Å². The fourth-order valence-corrected chi connectivity index (χ4v) is 0.635. The van der Waals surface area contributed by atoms with E-state index < -0.39 is 0 Å². The number of carbonyl (C=O) groups excluding carboxylic acids is 1. The molecule has 0 rings (SSSR count). The summed E-state index contributed by atoms with van der Waals surface area (Å²) in [5, 5.41) is 2.97. The normalized spacial score (nSPS) is 9.91. The second-order valence-electron chi connectivity index (χ2n) is 2.25. The van der Waals surface area contributed by atoms with Gasteiger partial charge in [-0.2, -0.15) is 0 Å². The molecular formula is C7H15N3O. The largest absolute Gasteiger partial charge is 0.403 e. The highest BCUT2D eigenvalue weighted by atomic mass is 16.1. The van der Waals surface area contributed by atoms with E-state index in [0.29, 0.717) is 0 Å². The minimum atomic E-state index is 0.773. The van der Waals surface area contributed by atoms with Crippen molar-refractivity contribution in [2.75, 3.05) is 20.1 Å². The Kier molecular flexibility index (Phi) is 6.17. The van der Waals surface area contributed by atoms with Gasteiger partial charge in [-0.1, -0.05) is 0 Å². The van der Waals surface area contributed by atoms with Gasteiger partial charge in [0, 0.05) is 32.5 Å². The Morgan fingerprint density at radius 1 is 1.64 bits per heavy atom. The van der Waals surface area contributed by atoms with Gasteiger partial charge in [0.25, 0.3) is 0 Å². The van der Waals surface area contributed by atoms with Gasteiger partial charge in [-0.3, -0.25) is 4.79 Å². The predicted molar refractivity (Wildman–Crippen MR) is 44.6 cm³/mol. The summed E-state index contributed by atoms with van der Waals surface area (Å²) < 4.78 is 0. The zero-order valence-electron chi connectivity index (χ0n) is 6.79. The molecule has 0 atom stereocenters. The molecule has 0 bridgehead atoms. The minimum Gasteiger partial charge on any atom is -0.403 e. The molecule has 0 fully saturated rings. The molecule has 3 N–H and O–H groups in total. The Morgan fingerprint density at radius 2 is 2.36 bits per heavy atom. The van der Waals surface area contributed by atoms with Crippen LogP contribution in [-0.2, 0) is 4.79 Å². The molecule has 0 unspecified atom stereocenters. The van der Waals surface area contributed by atoms with Crippen molar-refractivity contribution in [1.29, 1.82) is 0 Å². The van der Waals surface area contributed by atoms with Gasteiger partial charge in [-0.05, 0) is 6.42 Å². The van der Waals surface area contributed by atoms with Gasteiger partial charge < -0.3 is 16.0 Å². The van der Waals surface area contributed by atoms with E-state index in [2.05, 4.69) is 5.32 Å². The van der Waals surface area contributed by atoms with E-state index in [-0.39, 0.29) is 0 Å². The van der Waals surface area contributed by atoms with Crippen LogP contribution < -0.4 is 11.1 Å². The first-order valence-corrected chi connectivity index (χ1v) is 3.57. The van der Waals surface area contributed by atoms with Gasteiger partial charge in [-0.25, -0.2) is 0 Å². The number of hydrogen-bond acceptors (Lipinski definition) is 3. The molecule has 0 aliphatic heterocycles. The summed E-state index contributed by atoms with van der Waals surface area (Å²) >= 11 is 0. The number of amides is 1. The lowest BCUT2D eigenvalue weighted by Crippen LogP contribution is -2.20. The molecule has 4 nitrogen and oxygen atoms in total. The molecule has 0 aromatic heterocycles. The van der Waals surface area contributed by atoms with E-state index >= 15 is 0 Å². The third-order valence-electron chi connectivity index (χ3n) is 1.23. The minimum absolute atomic E-state index is 0.773. The summed E-state index contributed by atoms with van der Waals surface area (Å²) in [6.07, 6.45) is 4.88. The lowest BCUT2D eigenvalue weighted by Gasteiger charge is -2.09. The van der Waals surface area contributed by atoms with Crippen molar-refractivity contribution in [2.24, 2.45) is 5.73 Å². The zero-order chi connectivity index (χ0) is 8.53. The second kappa shape index (κ2) is 6.92. The fourth-order valence-electron chi connectivity index (χ4n) is 0.635. The SMILES string of the molecule is CN(C=O)CCCN/C=C\N. The third-order valence-corrected chi connectivity index (χ3v) is 1.23. The number of nitrogens with two attached hydrogens (primary N) is 1. The molecule has 64 valence electrons. The molecule has 11 heavy (non-hydrogen) atoms. The van der Waals surface area contributed by atoms with Gasteiger partial charge in [0.05, 0.1) is 0 Å². The maximum Gasteiger partial charge on any atom is 0.209 e. The van der Waals surface area contributed by atoms with Gasteiger partial charge in [0.15, 0.2) is 0 Å². The van der Waals surface area contributed by atoms with Crippen molar-refractivity contribution in [2.45, 2.75) is 6.42 Å². The van der Waals surface area contributed by atoms with E-state index in [0.717, 1.165) is 25.9 Å². The number of carbonyl (C=O) groups is 1. The molecule has 4 heteroatoms. The standard InChI is InChI=1S/C7H15N3O/c1-10(7-11)6-2-4-9-5-3-8/h3,5,7,9H,2,4,6,8H2,1H3/b5-3-. The molecule has 0 aliphatic carbocycles. The van der Waals surface area contributed by atoms with Crippen LogP contribution in [0.4, 0.5) is 0 Å². The van der Waals surface area contributed by atoms with E-state index in [1.807, 2.05) is 0 Å². The molecule has 0 saturated heterocycles. The molecule has 0 aromatic carbocycles. The maximum absolute atomic E-state index is 10.1. The molecule has 0 spiro atoms. The summed E-state index contributed by atoms with van der Waals surface area (Å²) in [6, 6.07) is 0. The lowest BCUT2D eigenvalue weighted by molar-refractivity contribution is -0.117. The van der Waals surface area contributed by atoms with Gasteiger partial charge in [0.2, 0.25) is 6.41 Å². The number of nitrogens with zero attached hydrogens (tertiary/aromatic N) is 1. The Bertz CT molecular complexity index is 125. The summed E-state index contributed by atoms with van der Waals surface area (Å²) in [5.41, 5.74) is 5.09. The van der Waals surface area contributed by atoms with Crippen molar-refractivity contribution >= 4 is 6.41 Å². The first kappa shape index (κ1) is 9.81. The smallest absolute Gasteiger partial charge is 0.209 e. The van der Waals surface area contributed by atoms with Gasteiger partial charge in [-0.15, -0.1) is 0 Å². The number of hydrogen-bond donors (Lipinski definition) is 2. The van der Waals surface area contributed by atoms with Crippen LogP contribution in [0.1, 0.15) is 6.42 Å². The summed E-state index contributed by atoms with van der Waals surface area (Å²) in [4.78, 5) is 11.7. The van der Waals surface area contributed by atoms with Crippen molar-refractivity contribution in [1.82, 2.24) is 10.2 Å². The Morgan fingerprint density at radius 3 is 2.91 bits per heavy atom. The van der Waals surface area contributed by atoms with Crippen LogP contribution in [0.25, 0.3) is 0 Å². The van der Waals surface area contributed by atoms with E-state index in [4.69, 9.17) is 5.73 Å². The fraction of sp³-hybridized carbons (Fsp3) is 0.571. The highest BCUT2D eigenvalue weighted by Crippen LogP contribution is 1.80. The van der Waals surface area contributed by atoms with Gasteiger partial charge >= 0.3 is 0 Å². The van der Waals surface area contributed by atoms with Crippen LogP contribution >= 0.6 is 0 Å². The summed E-state index contributed by atoms with van der Waals surface area (Å²) in [5.74, 6) is 0. The van der Waals surface area contributed by atoms with Crippen LogP contribution in [-0.4, -0.2) is 31.4 Å². The van der Waals surface area contributed by atoms with Gasteiger partial charge in [0.1, 0.15) is 0 Å². The molecule has 0 saturated carbocycles. The van der Waals surface area contributed by atoms with Crippen molar-refractivity contribution in [3.63, 3.8) is 0 Å². The number of rotatable bonds is 6.